The van der Waals surface area contributed by atoms with Gasteiger partial charge in [0.05, 0.1) is 21.7 Å². The lowest BCUT2D eigenvalue weighted by molar-refractivity contribution is -0.142. The number of aromatic carboxylic acids is 1. The minimum atomic E-state index is -3.25. The molecular weight excluding hydrogens is 548 g/mol. The molecule has 2 heterocycles. The number of rotatable bonds is 9. The fourth-order valence-corrected chi connectivity index (χ4v) is 6.78. The zero-order valence-electron chi connectivity index (χ0n) is 19.0. The number of esters is 1. The third kappa shape index (κ3) is 5.91. The van der Waals surface area contributed by atoms with Crippen LogP contribution in [-0.2, 0) is 19.6 Å². The first-order valence-corrected chi connectivity index (χ1v) is 13.8. The molecule has 0 bridgehead atoms. The van der Waals surface area contributed by atoms with Crippen LogP contribution in [0.3, 0.4) is 0 Å². The summed E-state index contributed by atoms with van der Waals surface area (Å²) in [4.78, 5) is 23.8. The molecule has 1 aliphatic rings. The van der Waals surface area contributed by atoms with E-state index in [0.29, 0.717) is 35.3 Å². The Morgan fingerprint density at radius 1 is 1.29 bits per heavy atom. The number of thiophene rings is 1. The zero-order valence-corrected chi connectivity index (χ0v) is 22.3. The van der Waals surface area contributed by atoms with Crippen LogP contribution in [0.5, 0.6) is 5.75 Å². The summed E-state index contributed by atoms with van der Waals surface area (Å²) in [5.41, 5.74) is 1.62. The molecule has 3 rings (SSSR count). The van der Waals surface area contributed by atoms with Gasteiger partial charge in [0.25, 0.3) is 0 Å². The number of nitrogens with one attached hydrogen (secondary N) is 1. The summed E-state index contributed by atoms with van der Waals surface area (Å²) in [5.74, 6) is -1.70. The standard InChI is InChI=1S/C22H27BrN2O7S2/c1-13(2)34(29,30)25-9-7-15(8-10-25)24-16-6-4-5-14(11-16)20-18(23)19(21(33-20)22(27)28)32-12-17(26)31-3/h4-6,11,13,15,24H,7-10,12H2,1-3H3,(H,27,28). The molecule has 9 nitrogen and oxygen atoms in total. The summed E-state index contributed by atoms with van der Waals surface area (Å²) >= 11 is 4.47. The minimum absolute atomic E-state index is 0.0251. The molecule has 0 unspecified atom stereocenters. The van der Waals surface area contributed by atoms with Gasteiger partial charge in [-0.05, 0) is 60.3 Å². The number of sulfonamides is 1. The molecule has 0 amide bonds. The number of carboxylic acid groups (broad SMARTS) is 1. The molecule has 1 aromatic carbocycles. The number of halogens is 1. The number of benzene rings is 1. The number of carbonyl (C=O) groups excluding carboxylic acids is 1. The number of hydrogen-bond donors (Lipinski definition) is 2. The smallest absolute Gasteiger partial charge is 0.349 e. The minimum Gasteiger partial charge on any atom is -0.479 e. The van der Waals surface area contributed by atoms with Gasteiger partial charge in [-0.15, -0.1) is 11.3 Å². The lowest BCUT2D eigenvalue weighted by atomic mass is 10.1. The first kappa shape index (κ1) is 26.5. The lowest BCUT2D eigenvalue weighted by Crippen LogP contribution is -2.44. The molecule has 1 aliphatic heterocycles. The van der Waals surface area contributed by atoms with Crippen LogP contribution in [0.25, 0.3) is 10.4 Å². The van der Waals surface area contributed by atoms with Crippen LogP contribution < -0.4 is 10.1 Å². The van der Waals surface area contributed by atoms with Gasteiger partial charge in [-0.1, -0.05) is 12.1 Å². The molecule has 2 N–H and O–H groups in total. The Labute approximate surface area is 211 Å². The van der Waals surface area contributed by atoms with Crippen LogP contribution >= 0.6 is 27.3 Å². The maximum absolute atomic E-state index is 12.4. The predicted molar refractivity (Wildman–Crippen MR) is 134 cm³/mol. The molecule has 2 aromatic rings. The summed E-state index contributed by atoms with van der Waals surface area (Å²) in [6.07, 6.45) is 1.38. The highest BCUT2D eigenvalue weighted by Gasteiger charge is 2.30. The van der Waals surface area contributed by atoms with Crippen molar-refractivity contribution in [1.29, 1.82) is 0 Å². The second-order valence-corrected chi connectivity index (χ2v) is 12.4. The van der Waals surface area contributed by atoms with Crippen LogP contribution in [0.4, 0.5) is 5.69 Å². The van der Waals surface area contributed by atoms with Gasteiger partial charge in [-0.25, -0.2) is 22.3 Å². The summed E-state index contributed by atoms with van der Waals surface area (Å²) in [6.45, 7) is 3.91. The second-order valence-electron chi connectivity index (χ2n) is 8.07. The molecule has 0 spiro atoms. The largest absolute Gasteiger partial charge is 0.479 e. The Bertz CT molecular complexity index is 1160. The molecule has 34 heavy (non-hydrogen) atoms. The highest BCUT2D eigenvalue weighted by molar-refractivity contribution is 9.10. The molecule has 0 aliphatic carbocycles. The summed E-state index contributed by atoms with van der Waals surface area (Å²) in [5, 5.41) is 12.6. The van der Waals surface area contributed by atoms with Crippen molar-refractivity contribution >= 4 is 54.9 Å². The van der Waals surface area contributed by atoms with E-state index in [0.717, 1.165) is 22.6 Å². The number of ether oxygens (including phenoxy) is 2. The molecule has 1 aromatic heterocycles. The van der Waals surface area contributed by atoms with E-state index in [-0.39, 0.29) is 16.7 Å². The van der Waals surface area contributed by atoms with Crippen molar-refractivity contribution in [2.75, 3.05) is 32.1 Å². The summed E-state index contributed by atoms with van der Waals surface area (Å²) in [7, 11) is -2.03. The molecule has 1 saturated heterocycles. The van der Waals surface area contributed by atoms with Gasteiger partial charge in [-0.3, -0.25) is 0 Å². The molecule has 186 valence electrons. The van der Waals surface area contributed by atoms with Crippen molar-refractivity contribution in [1.82, 2.24) is 4.31 Å². The van der Waals surface area contributed by atoms with Crippen LogP contribution in [0, 0.1) is 0 Å². The number of carboxylic acids is 1. The van der Waals surface area contributed by atoms with E-state index in [1.165, 1.54) is 7.11 Å². The Morgan fingerprint density at radius 2 is 1.97 bits per heavy atom. The number of piperidine rings is 1. The monoisotopic (exact) mass is 574 g/mol. The fraction of sp³-hybridized carbons (Fsp3) is 0.455. The van der Waals surface area contributed by atoms with Crippen molar-refractivity contribution in [3.63, 3.8) is 0 Å². The number of methoxy groups -OCH3 is 1. The SMILES string of the molecule is COC(=O)COc1c(C(=O)O)sc(-c2cccc(NC3CCN(S(=O)(=O)C(C)C)CC3)c2)c1Br. The number of carbonyl (C=O) groups is 2. The molecule has 12 heteroatoms. The third-order valence-corrected chi connectivity index (χ3v) is 9.97. The highest BCUT2D eigenvalue weighted by Crippen LogP contribution is 2.46. The average molecular weight is 576 g/mol. The fourth-order valence-electron chi connectivity index (χ4n) is 3.58. The molecule has 0 atom stereocenters. The van der Waals surface area contributed by atoms with E-state index in [1.807, 2.05) is 24.3 Å². The van der Waals surface area contributed by atoms with E-state index < -0.39 is 33.8 Å². The van der Waals surface area contributed by atoms with Crippen LogP contribution in [0.2, 0.25) is 0 Å². The quantitative estimate of drug-likeness (QED) is 0.430. The van der Waals surface area contributed by atoms with Crippen LogP contribution in [0.1, 0.15) is 36.4 Å². The predicted octanol–water partition coefficient (Wildman–Crippen LogP) is 4.04. The van der Waals surface area contributed by atoms with Gasteiger partial charge in [0.1, 0.15) is 0 Å². The summed E-state index contributed by atoms with van der Waals surface area (Å²) in [6, 6.07) is 7.65. The van der Waals surface area contributed by atoms with Crippen molar-refractivity contribution in [3.05, 3.63) is 33.6 Å². The van der Waals surface area contributed by atoms with Crippen LogP contribution in [0.15, 0.2) is 28.7 Å². The normalized spacial score (nSPS) is 15.3. The average Bonchev–Trinajstić information content (AvgIpc) is 3.14. The summed E-state index contributed by atoms with van der Waals surface area (Å²) < 4.78 is 36.8. The molecular formula is C22H27BrN2O7S2. The van der Waals surface area contributed by atoms with E-state index in [4.69, 9.17) is 4.74 Å². The van der Waals surface area contributed by atoms with E-state index >= 15 is 0 Å². The maximum atomic E-state index is 12.4. The van der Waals surface area contributed by atoms with Crippen molar-refractivity contribution in [3.8, 4) is 16.2 Å². The van der Waals surface area contributed by atoms with Gasteiger partial charge in [0.2, 0.25) is 10.0 Å². The number of anilines is 1. The Kier molecular flexibility index (Phi) is 8.61. The number of nitrogens with zero attached hydrogens (tertiary/aromatic N) is 1. The van der Waals surface area contributed by atoms with Gasteiger partial charge in [0.15, 0.2) is 17.2 Å². The maximum Gasteiger partial charge on any atom is 0.349 e. The van der Waals surface area contributed by atoms with Crippen molar-refractivity contribution in [2.24, 2.45) is 0 Å². The Balaban J connectivity index is 1.76. The Hall–Kier alpha value is -2.15. The first-order valence-electron chi connectivity index (χ1n) is 10.7. The van der Waals surface area contributed by atoms with E-state index in [9.17, 15) is 23.1 Å². The van der Waals surface area contributed by atoms with Gasteiger partial charge < -0.3 is 19.9 Å². The second kappa shape index (κ2) is 11.1. The van der Waals surface area contributed by atoms with Gasteiger partial charge >= 0.3 is 11.9 Å². The van der Waals surface area contributed by atoms with Crippen LogP contribution in [-0.4, -0.2) is 67.9 Å². The molecule has 0 saturated carbocycles. The molecule has 1 fully saturated rings. The Morgan fingerprint density at radius 3 is 2.56 bits per heavy atom. The van der Waals surface area contributed by atoms with Crippen molar-refractivity contribution < 1.29 is 32.6 Å². The van der Waals surface area contributed by atoms with E-state index in [2.05, 4.69) is 26.0 Å². The van der Waals surface area contributed by atoms with Gasteiger partial charge in [0, 0.05) is 24.8 Å². The first-order chi connectivity index (χ1) is 16.0. The topological polar surface area (TPSA) is 122 Å². The van der Waals surface area contributed by atoms with E-state index in [1.54, 1.807) is 18.2 Å². The third-order valence-electron chi connectivity index (χ3n) is 5.47. The zero-order chi connectivity index (χ0) is 25.0. The van der Waals surface area contributed by atoms with Gasteiger partial charge in [-0.2, -0.15) is 0 Å². The van der Waals surface area contributed by atoms with Crippen molar-refractivity contribution in [2.45, 2.75) is 38.0 Å². The number of hydrogen-bond acceptors (Lipinski definition) is 8. The molecule has 0 radical (unpaired) electrons. The lowest BCUT2D eigenvalue weighted by Gasteiger charge is -2.33. The highest BCUT2D eigenvalue weighted by atomic mass is 79.9.